The molecule has 2 amide bonds. The molecule has 2 N–H and O–H groups in total. The predicted octanol–water partition coefficient (Wildman–Crippen LogP) is 4.18. The fraction of sp³-hybridized carbons (Fsp3) is 0.105. The van der Waals surface area contributed by atoms with Gasteiger partial charge in [0, 0.05) is 10.8 Å². The van der Waals surface area contributed by atoms with Crippen LogP contribution in [-0.4, -0.2) is 6.03 Å². The number of carbonyl (C=O) groups is 1. The average molecular weight is 320 g/mol. The van der Waals surface area contributed by atoms with Crippen molar-refractivity contribution in [3.05, 3.63) is 72.2 Å². The van der Waals surface area contributed by atoms with Crippen LogP contribution in [0.1, 0.15) is 11.5 Å². The Bertz CT molecular complexity index is 854. The lowest BCUT2D eigenvalue weighted by Crippen LogP contribution is -2.34. The summed E-state index contributed by atoms with van der Waals surface area (Å²) in [5.41, 5.74) is 1.63. The molecule has 5 nitrogen and oxygen atoms in total. The van der Waals surface area contributed by atoms with E-state index in [4.69, 9.17) is 8.83 Å². The van der Waals surface area contributed by atoms with Crippen molar-refractivity contribution in [2.45, 2.75) is 13.1 Å². The van der Waals surface area contributed by atoms with E-state index in [-0.39, 0.29) is 6.03 Å². The molecule has 4 aromatic rings. The minimum atomic E-state index is -0.268. The van der Waals surface area contributed by atoms with Gasteiger partial charge >= 0.3 is 6.03 Å². The second kappa shape index (κ2) is 6.12. The minimum absolute atomic E-state index is 0.268. The Morgan fingerprint density at radius 1 is 0.750 bits per heavy atom. The number of furan rings is 2. The zero-order chi connectivity index (χ0) is 16.4. The zero-order valence-corrected chi connectivity index (χ0v) is 12.9. The van der Waals surface area contributed by atoms with Crippen LogP contribution in [0.4, 0.5) is 4.79 Å². The Balaban J connectivity index is 1.33. The summed E-state index contributed by atoms with van der Waals surface area (Å²) >= 11 is 0. The lowest BCUT2D eigenvalue weighted by atomic mass is 10.2. The molecule has 24 heavy (non-hydrogen) atoms. The van der Waals surface area contributed by atoms with E-state index in [1.54, 1.807) is 0 Å². The van der Waals surface area contributed by atoms with Gasteiger partial charge in [-0.3, -0.25) is 0 Å². The van der Waals surface area contributed by atoms with Crippen LogP contribution in [0.3, 0.4) is 0 Å². The van der Waals surface area contributed by atoms with E-state index in [0.717, 1.165) is 33.5 Å². The highest BCUT2D eigenvalue weighted by Gasteiger charge is 2.07. The molecule has 0 bridgehead atoms. The molecule has 0 aliphatic heterocycles. The van der Waals surface area contributed by atoms with Crippen molar-refractivity contribution >= 4 is 28.0 Å². The first kappa shape index (κ1) is 14.4. The molecule has 5 heteroatoms. The lowest BCUT2D eigenvalue weighted by Gasteiger charge is -2.04. The number of benzene rings is 2. The van der Waals surface area contributed by atoms with Crippen molar-refractivity contribution in [3.63, 3.8) is 0 Å². The SMILES string of the molecule is O=C(NCc1cc2ccccc2o1)NCc1cc2ccccc2o1. The number of carbonyl (C=O) groups excluding carboxylic acids is 1. The number of rotatable bonds is 4. The molecular formula is C19H16N2O3. The highest BCUT2D eigenvalue weighted by atomic mass is 16.3. The first-order valence-corrected chi connectivity index (χ1v) is 7.74. The molecule has 2 aromatic heterocycles. The summed E-state index contributed by atoms with van der Waals surface area (Å²) in [5.74, 6) is 1.44. The second-order valence-corrected chi connectivity index (χ2v) is 5.54. The topological polar surface area (TPSA) is 67.4 Å². The molecule has 0 saturated heterocycles. The predicted molar refractivity (Wildman–Crippen MR) is 91.5 cm³/mol. The number of fused-ring (bicyclic) bond motifs is 2. The first-order chi connectivity index (χ1) is 11.8. The summed E-state index contributed by atoms with van der Waals surface area (Å²) in [7, 11) is 0. The van der Waals surface area contributed by atoms with Gasteiger partial charge in [-0.2, -0.15) is 0 Å². The van der Waals surface area contributed by atoms with Crippen LogP contribution in [-0.2, 0) is 13.1 Å². The Hall–Kier alpha value is -3.21. The minimum Gasteiger partial charge on any atom is -0.459 e. The number of nitrogens with one attached hydrogen (secondary N) is 2. The molecule has 4 rings (SSSR count). The molecule has 0 aliphatic carbocycles. The highest BCUT2D eigenvalue weighted by molar-refractivity contribution is 5.79. The standard InChI is InChI=1S/C19H16N2O3/c22-19(20-11-15-9-13-5-1-3-7-17(13)23-15)21-12-16-10-14-6-2-4-8-18(14)24-16/h1-10H,11-12H2,(H2,20,21,22). The van der Waals surface area contributed by atoms with Crippen molar-refractivity contribution in [3.8, 4) is 0 Å². The van der Waals surface area contributed by atoms with E-state index in [1.165, 1.54) is 0 Å². The third-order valence-electron chi connectivity index (χ3n) is 3.80. The Kier molecular flexibility index (Phi) is 3.67. The molecule has 0 radical (unpaired) electrons. The van der Waals surface area contributed by atoms with Gasteiger partial charge in [0.05, 0.1) is 13.1 Å². The molecule has 0 aliphatic rings. The quantitative estimate of drug-likeness (QED) is 0.593. The zero-order valence-electron chi connectivity index (χ0n) is 12.9. The van der Waals surface area contributed by atoms with Gasteiger partial charge in [-0.1, -0.05) is 36.4 Å². The molecule has 2 heterocycles. The van der Waals surface area contributed by atoms with Gasteiger partial charge in [-0.25, -0.2) is 4.79 Å². The number of amides is 2. The van der Waals surface area contributed by atoms with Gasteiger partial charge in [-0.05, 0) is 24.3 Å². The molecule has 120 valence electrons. The van der Waals surface area contributed by atoms with Gasteiger partial charge in [0.25, 0.3) is 0 Å². The highest BCUT2D eigenvalue weighted by Crippen LogP contribution is 2.19. The Morgan fingerprint density at radius 2 is 1.21 bits per heavy atom. The van der Waals surface area contributed by atoms with Crippen LogP contribution >= 0.6 is 0 Å². The maximum Gasteiger partial charge on any atom is 0.315 e. The molecule has 0 spiro atoms. The molecule has 0 atom stereocenters. The number of para-hydroxylation sites is 2. The Morgan fingerprint density at radius 3 is 1.67 bits per heavy atom. The summed E-state index contributed by atoms with van der Waals surface area (Å²) < 4.78 is 11.3. The van der Waals surface area contributed by atoms with Crippen molar-refractivity contribution in [1.29, 1.82) is 0 Å². The molecule has 0 unspecified atom stereocenters. The van der Waals surface area contributed by atoms with Gasteiger partial charge in [0.1, 0.15) is 22.7 Å². The fourth-order valence-electron chi connectivity index (χ4n) is 2.65. The van der Waals surface area contributed by atoms with Crippen LogP contribution in [0.25, 0.3) is 21.9 Å². The maximum absolute atomic E-state index is 11.9. The summed E-state index contributed by atoms with van der Waals surface area (Å²) in [6.07, 6.45) is 0. The van der Waals surface area contributed by atoms with E-state index in [9.17, 15) is 4.79 Å². The van der Waals surface area contributed by atoms with E-state index in [1.807, 2.05) is 60.7 Å². The fourth-order valence-corrected chi connectivity index (χ4v) is 2.65. The molecular weight excluding hydrogens is 304 g/mol. The van der Waals surface area contributed by atoms with Crippen molar-refractivity contribution < 1.29 is 13.6 Å². The second-order valence-electron chi connectivity index (χ2n) is 5.54. The first-order valence-electron chi connectivity index (χ1n) is 7.74. The van der Waals surface area contributed by atoms with Crippen LogP contribution in [0, 0.1) is 0 Å². The third kappa shape index (κ3) is 2.96. The van der Waals surface area contributed by atoms with Crippen LogP contribution in [0.5, 0.6) is 0 Å². The summed E-state index contributed by atoms with van der Waals surface area (Å²) in [4.78, 5) is 11.9. The molecule has 0 saturated carbocycles. The van der Waals surface area contributed by atoms with E-state index in [2.05, 4.69) is 10.6 Å². The number of hydrogen-bond acceptors (Lipinski definition) is 3. The largest absolute Gasteiger partial charge is 0.459 e. The van der Waals surface area contributed by atoms with Crippen LogP contribution < -0.4 is 10.6 Å². The normalized spacial score (nSPS) is 11.0. The Labute approximate surface area is 138 Å². The summed E-state index contributed by atoms with van der Waals surface area (Å²) in [5, 5.41) is 7.61. The van der Waals surface area contributed by atoms with Gasteiger partial charge < -0.3 is 19.5 Å². The van der Waals surface area contributed by atoms with Gasteiger partial charge in [0.15, 0.2) is 0 Å². The number of urea groups is 1. The monoisotopic (exact) mass is 320 g/mol. The van der Waals surface area contributed by atoms with Crippen molar-refractivity contribution in [2.24, 2.45) is 0 Å². The van der Waals surface area contributed by atoms with Gasteiger partial charge in [0.2, 0.25) is 0 Å². The van der Waals surface area contributed by atoms with Crippen LogP contribution in [0.15, 0.2) is 69.5 Å². The number of hydrogen-bond donors (Lipinski definition) is 2. The maximum atomic E-state index is 11.9. The smallest absolute Gasteiger partial charge is 0.315 e. The van der Waals surface area contributed by atoms with Crippen molar-refractivity contribution in [2.75, 3.05) is 0 Å². The van der Waals surface area contributed by atoms with E-state index < -0.39 is 0 Å². The third-order valence-corrected chi connectivity index (χ3v) is 3.80. The lowest BCUT2D eigenvalue weighted by molar-refractivity contribution is 0.238. The molecule has 2 aromatic carbocycles. The van der Waals surface area contributed by atoms with Crippen LogP contribution in [0.2, 0.25) is 0 Å². The van der Waals surface area contributed by atoms with E-state index in [0.29, 0.717) is 13.1 Å². The van der Waals surface area contributed by atoms with E-state index >= 15 is 0 Å². The molecule has 0 fully saturated rings. The summed E-state index contributed by atoms with van der Waals surface area (Å²) in [6.45, 7) is 0.668. The van der Waals surface area contributed by atoms with Gasteiger partial charge in [-0.15, -0.1) is 0 Å². The summed E-state index contributed by atoms with van der Waals surface area (Å²) in [6, 6.07) is 19.1. The average Bonchev–Trinajstić information content (AvgIpc) is 3.21. The van der Waals surface area contributed by atoms with Crippen molar-refractivity contribution in [1.82, 2.24) is 10.6 Å².